The Balaban J connectivity index is 4.42. The first-order valence-corrected chi connectivity index (χ1v) is 11.1. The molecule has 0 aromatic heterocycles. The summed E-state index contributed by atoms with van der Waals surface area (Å²) in [5.41, 5.74) is -1.19. The van der Waals surface area contributed by atoms with Crippen LogP contribution in [0.2, 0.25) is 0 Å². The fourth-order valence-corrected chi connectivity index (χ4v) is 2.46. The fraction of sp³-hybridized carbons (Fsp3) is 0.818. The highest BCUT2D eigenvalue weighted by Gasteiger charge is 2.22. The molecule has 0 aromatic carbocycles. The summed E-state index contributed by atoms with van der Waals surface area (Å²) < 4.78 is 15.4. The van der Waals surface area contributed by atoms with Gasteiger partial charge in [0.25, 0.3) is 0 Å². The summed E-state index contributed by atoms with van der Waals surface area (Å²) in [7, 11) is 0. The van der Waals surface area contributed by atoms with Gasteiger partial charge in [0, 0.05) is 26.2 Å². The summed E-state index contributed by atoms with van der Waals surface area (Å²) in [6.45, 7) is 14.3. The molecule has 0 atom stereocenters. The van der Waals surface area contributed by atoms with E-state index in [0.717, 1.165) is 0 Å². The van der Waals surface area contributed by atoms with Crippen molar-refractivity contribution < 1.29 is 33.4 Å². The minimum absolute atomic E-state index is 0.236. The van der Waals surface area contributed by atoms with Crippen molar-refractivity contribution >= 4 is 24.1 Å². The van der Waals surface area contributed by atoms with E-state index in [-0.39, 0.29) is 18.9 Å². The van der Waals surface area contributed by atoms with Crippen molar-refractivity contribution in [2.75, 3.05) is 32.8 Å². The summed E-state index contributed by atoms with van der Waals surface area (Å²) in [6.07, 6.45) is 0.570. The van der Waals surface area contributed by atoms with Crippen LogP contribution in [0.3, 0.4) is 0 Å². The van der Waals surface area contributed by atoms with Crippen LogP contribution in [0.15, 0.2) is 0 Å². The van der Waals surface area contributed by atoms with E-state index in [4.69, 9.17) is 14.2 Å². The highest BCUT2D eigenvalue weighted by Crippen LogP contribution is 2.11. The van der Waals surface area contributed by atoms with Crippen molar-refractivity contribution in [2.24, 2.45) is 0 Å². The van der Waals surface area contributed by atoms with Crippen molar-refractivity contribution in [1.29, 1.82) is 0 Å². The molecule has 186 valence electrons. The molecule has 0 saturated heterocycles. The Morgan fingerprint density at radius 2 is 1.34 bits per heavy atom. The maximum Gasteiger partial charge on any atom is 0.410 e. The molecule has 2 N–H and O–H groups in total. The van der Waals surface area contributed by atoms with Crippen LogP contribution in [0.1, 0.15) is 74.1 Å². The van der Waals surface area contributed by atoms with Crippen LogP contribution >= 0.6 is 0 Å². The zero-order valence-electron chi connectivity index (χ0n) is 20.7. The van der Waals surface area contributed by atoms with Crippen molar-refractivity contribution in [3.63, 3.8) is 0 Å². The van der Waals surface area contributed by atoms with Gasteiger partial charge < -0.3 is 29.7 Å². The lowest BCUT2D eigenvalue weighted by atomic mass is 10.2. The lowest BCUT2D eigenvalue weighted by Crippen LogP contribution is -2.39. The molecule has 3 amide bonds. The normalized spacial score (nSPS) is 11.3. The predicted molar refractivity (Wildman–Crippen MR) is 120 cm³/mol. The van der Waals surface area contributed by atoms with Gasteiger partial charge in [0.1, 0.15) is 17.6 Å². The lowest BCUT2D eigenvalue weighted by molar-refractivity contribution is -0.145. The van der Waals surface area contributed by atoms with E-state index >= 15 is 0 Å². The molecule has 0 aliphatic rings. The SMILES string of the molecule is CCOC(=O)CC(=O)NCCCCN(CCCNC(=O)OC(C)(C)C)C(=O)OC(C)(C)C. The second-order valence-corrected chi connectivity index (χ2v) is 9.29. The molecule has 0 radical (unpaired) electrons. The number of hydrogen-bond donors (Lipinski definition) is 2. The Kier molecular flexibility index (Phi) is 13.4. The zero-order valence-corrected chi connectivity index (χ0v) is 20.7. The summed E-state index contributed by atoms with van der Waals surface area (Å²) in [4.78, 5) is 48.8. The highest BCUT2D eigenvalue weighted by molar-refractivity contribution is 5.94. The number of esters is 1. The summed E-state index contributed by atoms with van der Waals surface area (Å²) in [6, 6.07) is 0. The largest absolute Gasteiger partial charge is 0.466 e. The Morgan fingerprint density at radius 3 is 1.91 bits per heavy atom. The van der Waals surface area contributed by atoms with Gasteiger partial charge in [-0.05, 0) is 67.7 Å². The first-order valence-electron chi connectivity index (χ1n) is 11.1. The molecule has 0 bridgehead atoms. The van der Waals surface area contributed by atoms with Crippen LogP contribution in [0.5, 0.6) is 0 Å². The molecule has 0 unspecified atom stereocenters. The van der Waals surface area contributed by atoms with E-state index in [1.807, 2.05) is 0 Å². The van der Waals surface area contributed by atoms with Gasteiger partial charge in [-0.3, -0.25) is 9.59 Å². The highest BCUT2D eigenvalue weighted by atomic mass is 16.6. The number of carbonyl (C=O) groups is 4. The summed E-state index contributed by atoms with van der Waals surface area (Å²) in [5.74, 6) is -0.943. The van der Waals surface area contributed by atoms with E-state index in [9.17, 15) is 19.2 Å². The molecular formula is C22H41N3O7. The standard InChI is InChI=1S/C22H41N3O7/c1-8-30-18(27)16-17(26)23-12-9-10-14-25(20(29)32-22(5,6)7)15-11-13-24-19(28)31-21(2,3)4/h8-16H2,1-7H3,(H,23,26)(H,24,28). The molecule has 10 nitrogen and oxygen atoms in total. The predicted octanol–water partition coefficient (Wildman–Crippen LogP) is 2.99. The van der Waals surface area contributed by atoms with Crippen LogP contribution < -0.4 is 10.6 Å². The molecule has 0 heterocycles. The molecule has 10 heteroatoms. The number of unbranched alkanes of at least 4 members (excludes halogenated alkanes) is 1. The third kappa shape index (κ3) is 17.2. The van der Waals surface area contributed by atoms with Crippen LogP contribution in [-0.4, -0.2) is 73.0 Å². The second-order valence-electron chi connectivity index (χ2n) is 9.29. The number of ether oxygens (including phenoxy) is 3. The van der Waals surface area contributed by atoms with E-state index in [0.29, 0.717) is 45.4 Å². The smallest absolute Gasteiger partial charge is 0.410 e. The number of amides is 3. The number of carbonyl (C=O) groups excluding carboxylic acids is 4. The summed E-state index contributed by atoms with van der Waals surface area (Å²) in [5, 5.41) is 5.33. The summed E-state index contributed by atoms with van der Waals surface area (Å²) >= 11 is 0. The fourth-order valence-electron chi connectivity index (χ4n) is 2.46. The van der Waals surface area contributed by atoms with E-state index in [2.05, 4.69) is 10.6 Å². The van der Waals surface area contributed by atoms with Gasteiger partial charge in [0.2, 0.25) is 5.91 Å². The lowest BCUT2D eigenvalue weighted by Gasteiger charge is -2.27. The van der Waals surface area contributed by atoms with Gasteiger partial charge in [-0.1, -0.05) is 0 Å². The van der Waals surface area contributed by atoms with Gasteiger partial charge in [-0.2, -0.15) is 0 Å². The van der Waals surface area contributed by atoms with Crippen molar-refractivity contribution in [3.8, 4) is 0 Å². The van der Waals surface area contributed by atoms with E-state index in [1.54, 1.807) is 53.4 Å². The maximum absolute atomic E-state index is 12.5. The van der Waals surface area contributed by atoms with Crippen molar-refractivity contribution in [1.82, 2.24) is 15.5 Å². The monoisotopic (exact) mass is 459 g/mol. The molecule has 0 aliphatic carbocycles. The van der Waals surface area contributed by atoms with Gasteiger partial charge in [-0.25, -0.2) is 9.59 Å². The van der Waals surface area contributed by atoms with Gasteiger partial charge in [0.05, 0.1) is 6.61 Å². The number of nitrogens with zero attached hydrogens (tertiary/aromatic N) is 1. The van der Waals surface area contributed by atoms with E-state index in [1.165, 1.54) is 0 Å². The molecule has 32 heavy (non-hydrogen) atoms. The molecule has 0 fully saturated rings. The van der Waals surface area contributed by atoms with Crippen LogP contribution in [0, 0.1) is 0 Å². The number of nitrogens with one attached hydrogen (secondary N) is 2. The third-order valence-electron chi connectivity index (χ3n) is 3.71. The Morgan fingerprint density at radius 1 is 0.781 bits per heavy atom. The first-order chi connectivity index (χ1) is 14.7. The van der Waals surface area contributed by atoms with Crippen molar-refractivity contribution in [2.45, 2.75) is 85.4 Å². The third-order valence-corrected chi connectivity index (χ3v) is 3.71. The van der Waals surface area contributed by atoms with Crippen LogP contribution in [0.4, 0.5) is 9.59 Å². The van der Waals surface area contributed by atoms with Gasteiger partial charge in [0.15, 0.2) is 0 Å². The minimum Gasteiger partial charge on any atom is -0.466 e. The average Bonchev–Trinajstić information content (AvgIpc) is 2.60. The Labute approximate surface area is 191 Å². The van der Waals surface area contributed by atoms with Gasteiger partial charge >= 0.3 is 18.2 Å². The molecular weight excluding hydrogens is 418 g/mol. The number of rotatable bonds is 12. The average molecular weight is 460 g/mol. The topological polar surface area (TPSA) is 123 Å². The van der Waals surface area contributed by atoms with E-state index < -0.39 is 29.4 Å². The van der Waals surface area contributed by atoms with Crippen LogP contribution in [0.25, 0.3) is 0 Å². The number of alkyl carbamates (subject to hydrolysis) is 1. The number of hydrogen-bond acceptors (Lipinski definition) is 7. The second kappa shape index (κ2) is 14.5. The van der Waals surface area contributed by atoms with Crippen molar-refractivity contribution in [3.05, 3.63) is 0 Å². The quantitative estimate of drug-likeness (QED) is 0.199. The minimum atomic E-state index is -0.620. The van der Waals surface area contributed by atoms with Crippen LogP contribution in [-0.2, 0) is 23.8 Å². The Bertz CT molecular complexity index is 610. The first kappa shape index (κ1) is 29.5. The molecule has 0 aromatic rings. The molecule has 0 aliphatic heterocycles. The molecule has 0 spiro atoms. The van der Waals surface area contributed by atoms with Gasteiger partial charge in [-0.15, -0.1) is 0 Å². The molecule has 0 saturated carbocycles. The Hall–Kier alpha value is -2.52. The molecule has 0 rings (SSSR count). The maximum atomic E-state index is 12.5. The zero-order chi connectivity index (χ0) is 24.8.